The minimum absolute atomic E-state index is 0.263. The largest absolute Gasteiger partial charge is 0.497 e. The van der Waals surface area contributed by atoms with E-state index in [0.29, 0.717) is 0 Å². The van der Waals surface area contributed by atoms with Crippen LogP contribution in [0.5, 0.6) is 5.75 Å². The molecule has 1 radical (unpaired) electrons. The third kappa shape index (κ3) is 1.23. The molecule has 0 aliphatic heterocycles. The maximum atomic E-state index is 12.3. The summed E-state index contributed by atoms with van der Waals surface area (Å²) in [6.07, 6.45) is 0. The molecule has 0 heterocycles. The summed E-state index contributed by atoms with van der Waals surface area (Å²) in [5, 5.41) is 0. The second-order valence-electron chi connectivity index (χ2n) is 1.70. The molecule has 0 unspecified atom stereocenters. The number of benzene rings is 1. The van der Waals surface area contributed by atoms with Gasteiger partial charge in [0.05, 0.1) is 7.11 Å². The van der Waals surface area contributed by atoms with Gasteiger partial charge in [-0.25, -0.2) is 8.78 Å². The van der Waals surface area contributed by atoms with E-state index in [2.05, 4.69) is 10.8 Å². The summed E-state index contributed by atoms with van der Waals surface area (Å²) in [4.78, 5) is 0. The molecule has 0 spiro atoms. The van der Waals surface area contributed by atoms with Crippen molar-refractivity contribution in [3.63, 3.8) is 0 Å². The van der Waals surface area contributed by atoms with Crippen molar-refractivity contribution in [2.75, 3.05) is 7.11 Å². The summed E-state index contributed by atoms with van der Waals surface area (Å²) in [6, 6.07) is 4.25. The molecule has 0 aromatic heterocycles. The summed E-state index contributed by atoms with van der Waals surface area (Å²) < 4.78 is 29.0. The SMILES string of the molecule is COc1c[c]c(F)c(F)c1. The molecule has 1 aromatic rings. The Hall–Kier alpha value is -1.12. The van der Waals surface area contributed by atoms with Gasteiger partial charge >= 0.3 is 0 Å². The quantitative estimate of drug-likeness (QED) is 0.582. The Balaban J connectivity index is 3.04. The molecule has 0 aliphatic carbocycles. The van der Waals surface area contributed by atoms with Crippen molar-refractivity contribution in [2.24, 2.45) is 0 Å². The molecule has 0 saturated carbocycles. The molecule has 0 aliphatic rings. The normalized spacial score (nSPS) is 9.50. The Labute approximate surface area is 57.2 Å². The Kier molecular flexibility index (Phi) is 1.85. The Morgan fingerprint density at radius 2 is 2.20 bits per heavy atom. The first-order chi connectivity index (χ1) is 4.74. The molecule has 0 N–H and O–H groups in total. The molecule has 0 fully saturated rings. The molecule has 10 heavy (non-hydrogen) atoms. The van der Waals surface area contributed by atoms with E-state index < -0.39 is 11.6 Å². The van der Waals surface area contributed by atoms with Crippen molar-refractivity contribution in [2.45, 2.75) is 0 Å². The van der Waals surface area contributed by atoms with Gasteiger partial charge in [0.1, 0.15) is 5.75 Å². The van der Waals surface area contributed by atoms with Gasteiger partial charge in [-0.05, 0) is 6.07 Å². The number of rotatable bonds is 1. The molecule has 1 aromatic carbocycles. The van der Waals surface area contributed by atoms with E-state index in [1.165, 1.54) is 13.2 Å². The third-order valence-corrected chi connectivity index (χ3v) is 1.06. The highest BCUT2D eigenvalue weighted by Crippen LogP contribution is 2.13. The van der Waals surface area contributed by atoms with Gasteiger partial charge in [-0.3, -0.25) is 0 Å². The van der Waals surface area contributed by atoms with E-state index >= 15 is 0 Å². The van der Waals surface area contributed by atoms with Gasteiger partial charge in [-0.2, -0.15) is 0 Å². The van der Waals surface area contributed by atoms with Gasteiger partial charge in [0.25, 0.3) is 0 Å². The predicted molar refractivity (Wildman–Crippen MR) is 31.7 cm³/mol. The van der Waals surface area contributed by atoms with Crippen LogP contribution in [0.1, 0.15) is 0 Å². The molecular weight excluding hydrogens is 138 g/mol. The van der Waals surface area contributed by atoms with Crippen molar-refractivity contribution < 1.29 is 13.5 Å². The van der Waals surface area contributed by atoms with Crippen molar-refractivity contribution in [3.05, 3.63) is 29.8 Å². The molecular formula is C7H5F2O. The van der Waals surface area contributed by atoms with Gasteiger partial charge in [0.2, 0.25) is 0 Å². The minimum Gasteiger partial charge on any atom is -0.497 e. The van der Waals surface area contributed by atoms with Crippen molar-refractivity contribution >= 4 is 0 Å². The standard InChI is InChI=1S/C7H5F2O/c1-10-5-2-3-6(8)7(9)4-5/h2,4H,1H3. The van der Waals surface area contributed by atoms with Crippen LogP contribution in [0, 0.1) is 17.7 Å². The van der Waals surface area contributed by atoms with Crippen LogP contribution in [-0.4, -0.2) is 7.11 Å². The van der Waals surface area contributed by atoms with E-state index in [1.54, 1.807) is 0 Å². The summed E-state index contributed by atoms with van der Waals surface area (Å²) >= 11 is 0. The fourth-order valence-electron chi connectivity index (χ4n) is 0.551. The zero-order valence-corrected chi connectivity index (χ0v) is 5.32. The van der Waals surface area contributed by atoms with E-state index in [-0.39, 0.29) is 5.75 Å². The fourth-order valence-corrected chi connectivity index (χ4v) is 0.551. The van der Waals surface area contributed by atoms with E-state index in [1.807, 2.05) is 0 Å². The molecule has 0 saturated heterocycles. The highest BCUT2D eigenvalue weighted by molar-refractivity contribution is 5.22. The molecule has 0 atom stereocenters. The molecule has 0 bridgehead atoms. The molecule has 1 rings (SSSR count). The van der Waals surface area contributed by atoms with Crippen LogP contribution < -0.4 is 4.74 Å². The van der Waals surface area contributed by atoms with Crippen LogP contribution in [0.4, 0.5) is 8.78 Å². The van der Waals surface area contributed by atoms with Crippen molar-refractivity contribution in [1.29, 1.82) is 0 Å². The number of hydrogen-bond donors (Lipinski definition) is 0. The summed E-state index contributed by atoms with van der Waals surface area (Å²) in [5.41, 5.74) is 0. The summed E-state index contributed by atoms with van der Waals surface area (Å²) in [7, 11) is 1.38. The number of halogens is 2. The molecule has 53 valence electrons. The fraction of sp³-hybridized carbons (Fsp3) is 0.143. The van der Waals surface area contributed by atoms with Crippen LogP contribution in [0.3, 0.4) is 0 Å². The highest BCUT2D eigenvalue weighted by Gasteiger charge is 2.01. The van der Waals surface area contributed by atoms with Crippen molar-refractivity contribution in [1.82, 2.24) is 0 Å². The predicted octanol–water partition coefficient (Wildman–Crippen LogP) is 1.77. The first kappa shape index (κ1) is 6.99. The lowest BCUT2D eigenvalue weighted by Gasteiger charge is -1.97. The highest BCUT2D eigenvalue weighted by atomic mass is 19.2. The lowest BCUT2D eigenvalue weighted by Crippen LogP contribution is -1.87. The zero-order chi connectivity index (χ0) is 7.56. The van der Waals surface area contributed by atoms with Crippen LogP contribution in [0.2, 0.25) is 0 Å². The lowest BCUT2D eigenvalue weighted by molar-refractivity contribution is 0.406. The van der Waals surface area contributed by atoms with Crippen LogP contribution in [0.15, 0.2) is 12.1 Å². The minimum atomic E-state index is -0.985. The average Bonchev–Trinajstić information content (AvgIpc) is 1.95. The monoisotopic (exact) mass is 143 g/mol. The van der Waals surface area contributed by atoms with Gasteiger partial charge in [-0.15, -0.1) is 0 Å². The zero-order valence-electron chi connectivity index (χ0n) is 5.32. The first-order valence-electron chi connectivity index (χ1n) is 2.65. The smallest absolute Gasteiger partial charge is 0.167 e. The van der Waals surface area contributed by atoms with Crippen LogP contribution in [0.25, 0.3) is 0 Å². The molecule has 3 heteroatoms. The average molecular weight is 143 g/mol. The number of hydrogen-bond acceptors (Lipinski definition) is 1. The number of methoxy groups -OCH3 is 1. The number of ether oxygens (including phenoxy) is 1. The van der Waals surface area contributed by atoms with E-state index in [4.69, 9.17) is 0 Å². The Bertz CT molecular complexity index is 235. The van der Waals surface area contributed by atoms with Crippen LogP contribution >= 0.6 is 0 Å². The van der Waals surface area contributed by atoms with Crippen LogP contribution in [-0.2, 0) is 0 Å². The van der Waals surface area contributed by atoms with Crippen molar-refractivity contribution in [3.8, 4) is 5.75 Å². The van der Waals surface area contributed by atoms with E-state index in [0.717, 1.165) is 6.07 Å². The van der Waals surface area contributed by atoms with E-state index in [9.17, 15) is 8.78 Å². The molecule has 1 nitrogen and oxygen atoms in total. The second-order valence-corrected chi connectivity index (χ2v) is 1.70. The maximum Gasteiger partial charge on any atom is 0.167 e. The van der Waals surface area contributed by atoms with Gasteiger partial charge < -0.3 is 4.74 Å². The first-order valence-corrected chi connectivity index (χ1v) is 2.65. The summed E-state index contributed by atoms with van der Waals surface area (Å²) in [5.74, 6) is -1.67. The lowest BCUT2D eigenvalue weighted by atomic mass is 10.3. The third-order valence-electron chi connectivity index (χ3n) is 1.06. The van der Waals surface area contributed by atoms with Gasteiger partial charge in [0, 0.05) is 12.1 Å². The molecule has 0 amide bonds. The second kappa shape index (κ2) is 2.64. The van der Waals surface area contributed by atoms with Gasteiger partial charge in [-0.1, -0.05) is 0 Å². The maximum absolute atomic E-state index is 12.3. The topological polar surface area (TPSA) is 9.23 Å². The Morgan fingerprint density at radius 1 is 1.50 bits per heavy atom. The Morgan fingerprint density at radius 3 is 2.70 bits per heavy atom. The van der Waals surface area contributed by atoms with Gasteiger partial charge in [0.15, 0.2) is 11.6 Å². The summed E-state index contributed by atoms with van der Waals surface area (Å²) in [6.45, 7) is 0.